The Morgan fingerprint density at radius 3 is 2.48 bits per heavy atom. The molecule has 1 heterocycles. The number of benzene rings is 2. The Labute approximate surface area is 172 Å². The monoisotopic (exact) mass is 385 g/mol. The van der Waals surface area contributed by atoms with E-state index in [1.165, 1.54) is 0 Å². The molecule has 3 aromatic rings. The van der Waals surface area contributed by atoms with Gasteiger partial charge >= 0.3 is 0 Å². The van der Waals surface area contributed by atoms with E-state index in [1.54, 1.807) is 6.20 Å². The van der Waals surface area contributed by atoms with Crippen molar-refractivity contribution in [1.82, 2.24) is 4.98 Å². The van der Waals surface area contributed by atoms with Crippen molar-refractivity contribution in [1.29, 1.82) is 0 Å². The summed E-state index contributed by atoms with van der Waals surface area (Å²) in [5, 5.41) is 11.1. The van der Waals surface area contributed by atoms with Crippen molar-refractivity contribution >= 4 is 16.7 Å². The van der Waals surface area contributed by atoms with Gasteiger partial charge in [0.05, 0.1) is 12.1 Å². The number of carbonyl (C=O) groups excluding carboxylic acids is 1. The molecule has 0 aliphatic carbocycles. The topological polar surface area (TPSA) is 50.2 Å². The van der Waals surface area contributed by atoms with Gasteiger partial charge in [0.15, 0.2) is 5.78 Å². The number of ketones is 1. The lowest BCUT2D eigenvalue weighted by Gasteiger charge is -2.19. The summed E-state index contributed by atoms with van der Waals surface area (Å²) < 4.78 is 0. The van der Waals surface area contributed by atoms with Crippen LogP contribution in [0.15, 0.2) is 85.1 Å². The van der Waals surface area contributed by atoms with Gasteiger partial charge in [-0.3, -0.25) is 9.78 Å². The first-order chi connectivity index (χ1) is 14.0. The zero-order chi connectivity index (χ0) is 20.8. The number of aryl methyl sites for hydroxylation is 1. The normalized spacial score (nSPS) is 11.9. The minimum Gasteiger partial charge on any atom is -0.395 e. The molecule has 0 radical (unpaired) electrons. The van der Waals surface area contributed by atoms with E-state index in [9.17, 15) is 9.90 Å². The quantitative estimate of drug-likeness (QED) is 0.294. The maximum atomic E-state index is 12.2. The van der Waals surface area contributed by atoms with Gasteiger partial charge < -0.3 is 5.11 Å². The first-order valence-electron chi connectivity index (χ1n) is 9.98. The Morgan fingerprint density at radius 1 is 1.07 bits per heavy atom. The molecule has 3 rings (SSSR count). The maximum absolute atomic E-state index is 12.2. The van der Waals surface area contributed by atoms with E-state index >= 15 is 0 Å². The van der Waals surface area contributed by atoms with Crippen LogP contribution in [0.5, 0.6) is 0 Å². The van der Waals surface area contributed by atoms with Gasteiger partial charge in [0, 0.05) is 23.1 Å². The average molecular weight is 386 g/mol. The van der Waals surface area contributed by atoms with Gasteiger partial charge in [0.2, 0.25) is 0 Å². The van der Waals surface area contributed by atoms with Crippen molar-refractivity contribution < 1.29 is 9.90 Å². The zero-order valence-electron chi connectivity index (χ0n) is 16.9. The zero-order valence-corrected chi connectivity index (χ0v) is 16.9. The van der Waals surface area contributed by atoms with Gasteiger partial charge in [0.1, 0.15) is 0 Å². The van der Waals surface area contributed by atoms with Crippen molar-refractivity contribution in [3.63, 3.8) is 0 Å². The molecular weight excluding hydrogens is 358 g/mol. The van der Waals surface area contributed by atoms with Crippen LogP contribution in [-0.4, -0.2) is 22.5 Å². The number of aliphatic hydroxyl groups is 1. The van der Waals surface area contributed by atoms with Crippen molar-refractivity contribution in [3.8, 4) is 0 Å². The third kappa shape index (κ3) is 4.69. The van der Waals surface area contributed by atoms with Crippen LogP contribution in [0.25, 0.3) is 10.9 Å². The molecule has 3 heteroatoms. The van der Waals surface area contributed by atoms with Crippen LogP contribution in [-0.2, 0) is 6.42 Å². The van der Waals surface area contributed by atoms with Crippen LogP contribution in [0.4, 0.5) is 0 Å². The summed E-state index contributed by atoms with van der Waals surface area (Å²) in [6, 6.07) is 17.7. The summed E-state index contributed by atoms with van der Waals surface area (Å²) in [5.41, 5.74) is 5.33. The Kier molecular flexibility index (Phi) is 6.73. The summed E-state index contributed by atoms with van der Waals surface area (Å²) >= 11 is 0. The Balaban J connectivity index is 1.70. The van der Waals surface area contributed by atoms with E-state index in [-0.39, 0.29) is 18.3 Å². The predicted molar refractivity (Wildman–Crippen MR) is 119 cm³/mol. The Bertz CT molecular complexity index is 1030. The van der Waals surface area contributed by atoms with Crippen LogP contribution in [0, 0.1) is 0 Å². The fraction of sp³-hybridized carbons (Fsp3) is 0.231. The second kappa shape index (κ2) is 9.44. The summed E-state index contributed by atoms with van der Waals surface area (Å²) in [6.07, 6.45) is 3.99. The second-order valence-electron chi connectivity index (χ2n) is 7.30. The molecule has 0 aliphatic heterocycles. The fourth-order valence-corrected chi connectivity index (χ4v) is 3.52. The number of pyridine rings is 1. The molecular formula is C26H27NO2. The van der Waals surface area contributed by atoms with E-state index in [4.69, 9.17) is 0 Å². The van der Waals surface area contributed by atoms with Crippen molar-refractivity contribution in [2.75, 3.05) is 6.61 Å². The molecule has 0 saturated carbocycles. The number of carbonyl (C=O) groups is 1. The van der Waals surface area contributed by atoms with Gasteiger partial charge in [-0.25, -0.2) is 0 Å². The first kappa shape index (κ1) is 20.7. The number of Topliss-reactive ketones (excluding diaryl/α,β-unsaturated/α-hetero) is 1. The summed E-state index contributed by atoms with van der Waals surface area (Å²) in [7, 11) is 0. The number of hydrogen-bond donors (Lipinski definition) is 1. The molecule has 0 aliphatic rings. The lowest BCUT2D eigenvalue weighted by atomic mass is 9.87. The molecule has 0 bridgehead atoms. The van der Waals surface area contributed by atoms with Crippen LogP contribution in [0.2, 0.25) is 0 Å². The lowest BCUT2D eigenvalue weighted by Crippen LogP contribution is -2.09. The van der Waals surface area contributed by atoms with Crippen molar-refractivity contribution in [2.45, 2.75) is 32.1 Å². The van der Waals surface area contributed by atoms with Gasteiger partial charge in [-0.05, 0) is 42.0 Å². The molecule has 1 atom stereocenters. The fourth-order valence-electron chi connectivity index (χ4n) is 3.52. The van der Waals surface area contributed by atoms with Crippen molar-refractivity contribution in [2.24, 2.45) is 0 Å². The van der Waals surface area contributed by atoms with Gasteiger partial charge in [-0.2, -0.15) is 0 Å². The molecule has 148 valence electrons. The van der Waals surface area contributed by atoms with E-state index in [2.05, 4.69) is 18.1 Å². The number of aromatic nitrogens is 1. The highest BCUT2D eigenvalue weighted by molar-refractivity contribution is 6.08. The van der Waals surface area contributed by atoms with Crippen LogP contribution in [0.1, 0.15) is 47.2 Å². The van der Waals surface area contributed by atoms with E-state index in [0.29, 0.717) is 17.6 Å². The minimum atomic E-state index is -0.151. The van der Waals surface area contributed by atoms with Crippen molar-refractivity contribution in [3.05, 3.63) is 102 Å². The number of fused-ring (bicyclic) bond motifs is 1. The minimum absolute atomic E-state index is 0.00108. The van der Waals surface area contributed by atoms with E-state index < -0.39 is 0 Å². The second-order valence-corrected chi connectivity index (χ2v) is 7.30. The SMILES string of the molecule is C=C(CC)C(=O)c1ccc(CCC(=C)C(CO)c2cccc3cccnc23)cc1. The Morgan fingerprint density at radius 2 is 1.79 bits per heavy atom. The maximum Gasteiger partial charge on any atom is 0.188 e. The third-order valence-electron chi connectivity index (χ3n) is 5.41. The first-order valence-corrected chi connectivity index (χ1v) is 9.98. The molecule has 1 unspecified atom stereocenters. The van der Waals surface area contributed by atoms with Crippen LogP contribution < -0.4 is 0 Å². The number of rotatable bonds is 9. The van der Waals surface area contributed by atoms with Crippen LogP contribution >= 0.6 is 0 Å². The summed E-state index contributed by atoms with van der Waals surface area (Å²) in [6.45, 7) is 10.0. The molecule has 0 saturated heterocycles. The number of para-hydroxylation sites is 1. The lowest BCUT2D eigenvalue weighted by molar-refractivity contribution is 0.103. The Hall–Kier alpha value is -3.04. The number of aliphatic hydroxyl groups excluding tert-OH is 1. The smallest absolute Gasteiger partial charge is 0.188 e. The van der Waals surface area contributed by atoms with Gasteiger partial charge in [-0.1, -0.05) is 74.2 Å². The molecule has 0 amide bonds. The van der Waals surface area contributed by atoms with E-state index in [0.717, 1.165) is 40.4 Å². The highest BCUT2D eigenvalue weighted by atomic mass is 16.3. The average Bonchev–Trinajstić information content (AvgIpc) is 2.77. The number of allylic oxidation sites excluding steroid dienone is 1. The standard InChI is InChI=1S/C26H27NO2/c1-4-18(2)26(29)22-14-12-20(13-15-22)11-10-19(3)24(17-28)23-9-5-7-21-8-6-16-27-25(21)23/h5-9,12-16,24,28H,2-4,10-11,17H2,1H3. The van der Waals surface area contributed by atoms with Gasteiger partial charge in [0.25, 0.3) is 0 Å². The number of nitrogens with zero attached hydrogens (tertiary/aromatic N) is 1. The number of hydrogen-bond acceptors (Lipinski definition) is 3. The third-order valence-corrected chi connectivity index (χ3v) is 5.41. The summed E-state index contributed by atoms with van der Waals surface area (Å²) in [4.78, 5) is 16.7. The molecule has 1 aromatic heterocycles. The van der Waals surface area contributed by atoms with Crippen LogP contribution in [0.3, 0.4) is 0 Å². The molecule has 0 fully saturated rings. The molecule has 2 aromatic carbocycles. The molecule has 29 heavy (non-hydrogen) atoms. The molecule has 3 nitrogen and oxygen atoms in total. The van der Waals surface area contributed by atoms with E-state index in [1.807, 2.05) is 61.5 Å². The summed E-state index contributed by atoms with van der Waals surface area (Å²) in [5.74, 6) is -0.144. The van der Waals surface area contributed by atoms with Gasteiger partial charge in [-0.15, -0.1) is 0 Å². The molecule has 1 N–H and O–H groups in total. The highest BCUT2D eigenvalue weighted by Gasteiger charge is 2.17. The molecule has 0 spiro atoms. The highest BCUT2D eigenvalue weighted by Crippen LogP contribution is 2.30. The largest absolute Gasteiger partial charge is 0.395 e. The predicted octanol–water partition coefficient (Wildman–Crippen LogP) is 5.65.